The molecule has 0 aliphatic heterocycles. The second-order valence-corrected chi connectivity index (χ2v) is 17.2. The SMILES string of the molecule is CC(C)C[C@H](NC(=O)[C@H](CC(N)=O)NC(=O)[C@@H](NC(=O)[C@H](CCC(N)=O)NC(=O)[C@H](C)NC(=O)[C@H](CC(N)=O)NC(=O)[C@@H](NC(=O)[C@@H](N)CC(=O)O)C(C)C)C(C)C)C(=O)N[C@H](C(=O)O)[C@@H](C)O. The number of carbonyl (C=O) groups excluding carboxylic acids is 11. The van der Waals surface area contributed by atoms with E-state index in [9.17, 15) is 72.5 Å². The van der Waals surface area contributed by atoms with E-state index in [0.29, 0.717) is 0 Å². The topological polar surface area (TPSA) is 483 Å². The smallest absolute Gasteiger partial charge is 0.328 e. The van der Waals surface area contributed by atoms with Crippen molar-refractivity contribution in [3.63, 3.8) is 0 Å². The van der Waals surface area contributed by atoms with Gasteiger partial charge in [0.05, 0.1) is 31.4 Å². The van der Waals surface area contributed by atoms with Crippen molar-refractivity contribution in [1.82, 2.24) is 42.5 Å². The molecule has 19 N–H and O–H groups in total. The molecule has 0 unspecified atom stereocenters. The predicted molar refractivity (Wildman–Crippen MR) is 236 cm³/mol. The molecule has 0 aromatic heterocycles. The molecule has 10 atom stereocenters. The maximum absolute atomic E-state index is 13.7. The molecule has 0 aliphatic carbocycles. The number of nitrogens with two attached hydrogens (primary N) is 4. The van der Waals surface area contributed by atoms with Crippen molar-refractivity contribution in [3.8, 4) is 0 Å². The Bertz CT molecular complexity index is 1880. The molecular formula is C40H68N12O16. The van der Waals surface area contributed by atoms with Gasteiger partial charge in [-0.3, -0.25) is 57.5 Å². The summed E-state index contributed by atoms with van der Waals surface area (Å²) >= 11 is 0. The molecule has 0 bridgehead atoms. The van der Waals surface area contributed by atoms with Crippen LogP contribution in [-0.2, 0) is 62.3 Å². The zero-order valence-electron chi connectivity index (χ0n) is 39.2. The Labute approximate surface area is 391 Å². The second-order valence-electron chi connectivity index (χ2n) is 17.2. The van der Waals surface area contributed by atoms with Crippen LogP contribution in [0.25, 0.3) is 0 Å². The molecule has 11 amide bonds. The standard InChI is InChI=1S/C40H68N12O16/c1-15(2)11-22(37(64)52-31(19(8)53)40(67)68)47-36(63)24(14-27(44)56)49-39(66)30(17(5)6)51-34(61)21(9-10-25(42)54)46-32(59)18(7)45-35(62)23(13-26(43)55)48-38(65)29(16(3)4)50-33(60)20(41)12-28(57)58/h15-24,29-31,53H,9-14,41H2,1-8H3,(H2,42,54)(H2,43,55)(H2,44,56)(H,45,62)(H,46,59)(H,47,63)(H,48,65)(H,49,66)(H,50,60)(H,51,61)(H,52,64)(H,57,58)(H,67,68)/t18-,19+,20-,21-,22-,23-,24-,29-,30-,31-/m0/s1. The monoisotopic (exact) mass is 972 g/mol. The molecule has 0 radical (unpaired) electrons. The number of aliphatic hydroxyl groups is 1. The number of hydrogen-bond acceptors (Lipinski definition) is 15. The number of carboxylic acid groups (broad SMARTS) is 2. The van der Waals surface area contributed by atoms with Gasteiger partial charge in [0.15, 0.2) is 6.04 Å². The van der Waals surface area contributed by atoms with Gasteiger partial charge in [-0.05, 0) is 44.4 Å². The highest BCUT2D eigenvalue weighted by atomic mass is 16.4. The van der Waals surface area contributed by atoms with Gasteiger partial charge >= 0.3 is 11.9 Å². The zero-order chi connectivity index (χ0) is 52.9. The lowest BCUT2D eigenvalue weighted by atomic mass is 10.00. The summed E-state index contributed by atoms with van der Waals surface area (Å²) in [6.45, 7) is 11.6. The molecule has 0 fully saturated rings. The number of amides is 11. The molecule has 28 heteroatoms. The van der Waals surface area contributed by atoms with Crippen LogP contribution in [-0.4, -0.2) is 153 Å². The number of aliphatic hydroxyl groups excluding tert-OH is 1. The van der Waals surface area contributed by atoms with Gasteiger partial charge in [0.25, 0.3) is 0 Å². The van der Waals surface area contributed by atoms with Crippen LogP contribution < -0.4 is 65.5 Å². The number of nitrogens with one attached hydrogen (secondary N) is 8. The van der Waals surface area contributed by atoms with Gasteiger partial charge < -0.3 is 80.8 Å². The molecule has 0 saturated carbocycles. The minimum atomic E-state index is -1.76. The largest absolute Gasteiger partial charge is 0.481 e. The van der Waals surface area contributed by atoms with E-state index in [1.54, 1.807) is 13.8 Å². The maximum Gasteiger partial charge on any atom is 0.328 e. The number of hydrogen-bond donors (Lipinski definition) is 15. The minimum Gasteiger partial charge on any atom is -0.481 e. The van der Waals surface area contributed by atoms with Crippen molar-refractivity contribution in [2.45, 2.75) is 154 Å². The lowest BCUT2D eigenvalue weighted by Crippen LogP contribution is -2.61. The second kappa shape index (κ2) is 28.9. The summed E-state index contributed by atoms with van der Waals surface area (Å²) in [7, 11) is 0. The summed E-state index contributed by atoms with van der Waals surface area (Å²) < 4.78 is 0. The number of carbonyl (C=O) groups is 13. The molecule has 68 heavy (non-hydrogen) atoms. The van der Waals surface area contributed by atoms with Crippen LogP contribution in [0.2, 0.25) is 0 Å². The van der Waals surface area contributed by atoms with Gasteiger partial charge in [0.1, 0.15) is 42.3 Å². The Morgan fingerprint density at radius 3 is 1.21 bits per heavy atom. The van der Waals surface area contributed by atoms with Crippen LogP contribution in [0.4, 0.5) is 0 Å². The van der Waals surface area contributed by atoms with Crippen LogP contribution in [0, 0.1) is 17.8 Å². The Morgan fingerprint density at radius 1 is 0.441 bits per heavy atom. The van der Waals surface area contributed by atoms with Gasteiger partial charge in [0, 0.05) is 6.42 Å². The fourth-order valence-corrected chi connectivity index (χ4v) is 6.06. The van der Waals surface area contributed by atoms with E-state index in [1.807, 2.05) is 0 Å². The summed E-state index contributed by atoms with van der Waals surface area (Å²) in [5.41, 5.74) is 21.5. The van der Waals surface area contributed by atoms with Crippen molar-refractivity contribution in [2.75, 3.05) is 0 Å². The Kier molecular flexibility index (Phi) is 26.0. The highest BCUT2D eigenvalue weighted by Crippen LogP contribution is 2.11. The van der Waals surface area contributed by atoms with Crippen molar-refractivity contribution < 1.29 is 77.6 Å². The summed E-state index contributed by atoms with van der Waals surface area (Å²) in [5.74, 6) is -16.2. The number of aliphatic carboxylic acids is 2. The first-order valence-corrected chi connectivity index (χ1v) is 21.4. The van der Waals surface area contributed by atoms with Gasteiger partial charge in [-0.1, -0.05) is 41.5 Å². The Hall–Kier alpha value is -6.97. The van der Waals surface area contributed by atoms with E-state index in [1.165, 1.54) is 27.7 Å². The van der Waals surface area contributed by atoms with Crippen LogP contribution in [0.3, 0.4) is 0 Å². The lowest BCUT2D eigenvalue weighted by molar-refractivity contribution is -0.145. The lowest BCUT2D eigenvalue weighted by Gasteiger charge is -2.29. The normalized spacial score (nSPS) is 15.5. The molecule has 0 rings (SSSR count). The third kappa shape index (κ3) is 22.5. The van der Waals surface area contributed by atoms with E-state index in [-0.39, 0.29) is 12.3 Å². The van der Waals surface area contributed by atoms with E-state index >= 15 is 0 Å². The van der Waals surface area contributed by atoms with Crippen molar-refractivity contribution >= 4 is 76.9 Å². The average Bonchev–Trinajstić information content (AvgIpc) is 3.19. The number of carboxylic acids is 2. The maximum atomic E-state index is 13.7. The van der Waals surface area contributed by atoms with Gasteiger partial charge in [-0.25, -0.2) is 4.79 Å². The highest BCUT2D eigenvalue weighted by Gasteiger charge is 2.37. The molecule has 384 valence electrons. The van der Waals surface area contributed by atoms with Crippen LogP contribution in [0.15, 0.2) is 0 Å². The summed E-state index contributed by atoms with van der Waals surface area (Å²) in [5, 5.41) is 46.5. The predicted octanol–water partition coefficient (Wildman–Crippen LogP) is -6.47. The van der Waals surface area contributed by atoms with Crippen LogP contribution in [0.5, 0.6) is 0 Å². The number of primary amides is 3. The van der Waals surface area contributed by atoms with Gasteiger partial charge in [-0.15, -0.1) is 0 Å². The van der Waals surface area contributed by atoms with E-state index in [0.717, 1.165) is 13.8 Å². The first kappa shape index (κ1) is 61.0. The van der Waals surface area contributed by atoms with Crippen LogP contribution >= 0.6 is 0 Å². The van der Waals surface area contributed by atoms with Gasteiger partial charge in [0.2, 0.25) is 65.0 Å². The van der Waals surface area contributed by atoms with E-state index in [2.05, 4.69) is 42.5 Å². The van der Waals surface area contributed by atoms with Gasteiger partial charge in [-0.2, -0.15) is 0 Å². The molecule has 0 spiro atoms. The third-order valence-electron chi connectivity index (χ3n) is 9.75. The first-order valence-electron chi connectivity index (χ1n) is 21.4. The Balaban J connectivity index is 6.36. The fraction of sp³-hybridized carbons (Fsp3) is 0.675. The Morgan fingerprint density at radius 2 is 0.824 bits per heavy atom. The van der Waals surface area contributed by atoms with Crippen molar-refractivity contribution in [1.29, 1.82) is 0 Å². The summed E-state index contributed by atoms with van der Waals surface area (Å²) in [6, 6.07) is -14.3. The van der Waals surface area contributed by atoms with Crippen molar-refractivity contribution in [3.05, 3.63) is 0 Å². The summed E-state index contributed by atoms with van der Waals surface area (Å²) in [6.07, 6.45) is -4.93. The average molecular weight is 973 g/mol. The molecule has 0 aromatic rings. The fourth-order valence-electron chi connectivity index (χ4n) is 6.06. The molecule has 0 aromatic carbocycles. The molecule has 28 nitrogen and oxygen atoms in total. The summed E-state index contributed by atoms with van der Waals surface area (Å²) in [4.78, 5) is 165. The molecule has 0 heterocycles. The molecule has 0 aliphatic rings. The van der Waals surface area contributed by atoms with E-state index < -0.39 is 181 Å². The van der Waals surface area contributed by atoms with Crippen LogP contribution in [0.1, 0.15) is 93.9 Å². The van der Waals surface area contributed by atoms with E-state index in [4.69, 9.17) is 28.0 Å². The minimum absolute atomic E-state index is 0.0643. The third-order valence-corrected chi connectivity index (χ3v) is 9.75. The zero-order valence-corrected chi connectivity index (χ0v) is 39.2. The highest BCUT2D eigenvalue weighted by molar-refractivity contribution is 6.00. The molecular weight excluding hydrogens is 905 g/mol. The first-order chi connectivity index (χ1) is 31.3. The van der Waals surface area contributed by atoms with Crippen molar-refractivity contribution in [2.24, 2.45) is 40.7 Å². The molecule has 0 saturated heterocycles. The quantitative estimate of drug-likeness (QED) is 0.0307. The number of rotatable bonds is 31.